The number of anilines is 1. The molecule has 3 fully saturated rings. The number of benzene rings is 1. The van der Waals surface area contributed by atoms with Gasteiger partial charge in [0.1, 0.15) is 23.0 Å². The molecule has 4 rings (SSSR count). The largest absolute Gasteiger partial charge is 0.443 e. The van der Waals surface area contributed by atoms with E-state index in [2.05, 4.69) is 10.3 Å². The molecule has 1 aromatic carbocycles. The Balaban J connectivity index is 1.46. The van der Waals surface area contributed by atoms with Gasteiger partial charge in [-0.1, -0.05) is 12.5 Å². The van der Waals surface area contributed by atoms with Crippen molar-refractivity contribution < 1.29 is 23.4 Å². The molecular formula is C28H38FN5O4. The lowest BCUT2D eigenvalue weighted by Gasteiger charge is -2.53. The first-order valence-electron chi connectivity index (χ1n) is 13.3. The number of nitriles is 1. The molecule has 1 amide bonds. The van der Waals surface area contributed by atoms with Crippen molar-refractivity contribution >= 4 is 17.6 Å². The smallest absolute Gasteiger partial charge is 0.410 e. The second kappa shape index (κ2) is 11.4. The maximum atomic E-state index is 14.6. The van der Waals surface area contributed by atoms with Crippen LogP contribution in [0.2, 0.25) is 0 Å². The Hall–Kier alpha value is -3.00. The first-order chi connectivity index (χ1) is 18.0. The molecule has 2 heterocycles. The van der Waals surface area contributed by atoms with Crippen LogP contribution in [-0.2, 0) is 14.2 Å². The molecule has 1 aromatic rings. The SMILES string of the molecule is CCC(C)=CN=C(CC(C)OC1(N)C2COCC1CN(C(=O)OC1(C)CC1)C2)Nc1ccc(C#N)cc1F. The summed E-state index contributed by atoms with van der Waals surface area (Å²) in [6.07, 6.45) is 4.04. The summed E-state index contributed by atoms with van der Waals surface area (Å²) in [5, 5.41) is 12.1. The van der Waals surface area contributed by atoms with Crippen LogP contribution < -0.4 is 11.1 Å². The Morgan fingerprint density at radius 2 is 2.08 bits per heavy atom. The molecule has 0 spiro atoms. The van der Waals surface area contributed by atoms with E-state index >= 15 is 0 Å². The number of nitrogens with one attached hydrogen (secondary N) is 1. The van der Waals surface area contributed by atoms with Crippen LogP contribution in [0.15, 0.2) is 35.0 Å². The molecule has 2 aliphatic heterocycles. The lowest BCUT2D eigenvalue weighted by atomic mass is 9.79. The fraction of sp³-hybridized carbons (Fsp3) is 0.607. The van der Waals surface area contributed by atoms with Crippen LogP contribution in [0.1, 0.15) is 58.9 Å². The Morgan fingerprint density at radius 3 is 2.66 bits per heavy atom. The van der Waals surface area contributed by atoms with E-state index in [0.717, 1.165) is 24.8 Å². The number of rotatable bonds is 8. The van der Waals surface area contributed by atoms with Gasteiger partial charge in [0.2, 0.25) is 0 Å². The molecule has 0 aromatic heterocycles. The molecule has 38 heavy (non-hydrogen) atoms. The number of aliphatic imine (C=N–C) groups is 1. The quantitative estimate of drug-likeness (QED) is 0.289. The predicted octanol–water partition coefficient (Wildman–Crippen LogP) is 4.54. The van der Waals surface area contributed by atoms with E-state index in [1.165, 1.54) is 12.1 Å². The van der Waals surface area contributed by atoms with E-state index in [0.29, 0.717) is 38.6 Å². The number of hydrogen-bond donors (Lipinski definition) is 2. The Kier molecular flexibility index (Phi) is 8.40. The minimum Gasteiger partial charge on any atom is -0.443 e. The van der Waals surface area contributed by atoms with Crippen molar-refractivity contribution in [1.82, 2.24) is 4.90 Å². The van der Waals surface area contributed by atoms with Crippen LogP contribution in [-0.4, -0.2) is 60.6 Å². The van der Waals surface area contributed by atoms with Crippen molar-refractivity contribution in [3.63, 3.8) is 0 Å². The number of amides is 1. The summed E-state index contributed by atoms with van der Waals surface area (Å²) < 4.78 is 32.6. The van der Waals surface area contributed by atoms with Crippen molar-refractivity contribution in [2.45, 2.75) is 70.8 Å². The van der Waals surface area contributed by atoms with Gasteiger partial charge in [0.05, 0.1) is 36.6 Å². The molecular weight excluding hydrogens is 489 g/mol. The monoisotopic (exact) mass is 527 g/mol. The Morgan fingerprint density at radius 1 is 1.39 bits per heavy atom. The highest BCUT2D eigenvalue weighted by molar-refractivity contribution is 5.96. The molecule has 2 bridgehead atoms. The summed E-state index contributed by atoms with van der Waals surface area (Å²) in [6.45, 7) is 9.41. The molecule has 1 aliphatic carbocycles. The van der Waals surface area contributed by atoms with Crippen molar-refractivity contribution in [2.24, 2.45) is 22.6 Å². The van der Waals surface area contributed by atoms with Gasteiger partial charge in [0, 0.05) is 37.5 Å². The molecule has 206 valence electrons. The first-order valence-corrected chi connectivity index (χ1v) is 13.3. The summed E-state index contributed by atoms with van der Waals surface area (Å²) in [6, 6.07) is 6.20. The van der Waals surface area contributed by atoms with Gasteiger partial charge < -0.3 is 30.2 Å². The number of fused-ring (bicyclic) bond motifs is 2. The molecule has 2 saturated heterocycles. The van der Waals surface area contributed by atoms with Gasteiger partial charge in [-0.25, -0.2) is 14.2 Å². The zero-order chi connectivity index (χ0) is 27.5. The number of nitrogens with zero attached hydrogens (tertiary/aromatic N) is 3. The number of carbonyl (C=O) groups excluding carboxylic acids is 1. The van der Waals surface area contributed by atoms with E-state index < -0.39 is 11.5 Å². The number of hydrogen-bond acceptors (Lipinski definition) is 7. The number of likely N-dealkylation sites (tertiary alicyclic amines) is 1. The van der Waals surface area contributed by atoms with Gasteiger partial charge in [-0.15, -0.1) is 0 Å². The third-order valence-corrected chi connectivity index (χ3v) is 7.60. The predicted molar refractivity (Wildman–Crippen MR) is 142 cm³/mol. The van der Waals surface area contributed by atoms with Crippen LogP contribution in [0.5, 0.6) is 0 Å². The number of allylic oxidation sites excluding steroid dienone is 1. The molecule has 0 radical (unpaired) electrons. The highest BCUT2D eigenvalue weighted by Gasteiger charge is 2.54. The highest BCUT2D eigenvalue weighted by Crippen LogP contribution is 2.41. The van der Waals surface area contributed by atoms with Crippen LogP contribution in [0.3, 0.4) is 0 Å². The summed E-state index contributed by atoms with van der Waals surface area (Å²) in [7, 11) is 0. The van der Waals surface area contributed by atoms with Gasteiger partial charge in [-0.05, 0) is 58.2 Å². The fourth-order valence-corrected chi connectivity index (χ4v) is 4.76. The van der Waals surface area contributed by atoms with Gasteiger partial charge in [-0.2, -0.15) is 5.26 Å². The number of piperidine rings is 1. The average Bonchev–Trinajstić information content (AvgIpc) is 3.58. The van der Waals surface area contributed by atoms with Gasteiger partial charge in [0.25, 0.3) is 0 Å². The van der Waals surface area contributed by atoms with E-state index in [4.69, 9.17) is 25.2 Å². The van der Waals surface area contributed by atoms with Crippen LogP contribution in [0.25, 0.3) is 0 Å². The second-order valence-corrected chi connectivity index (χ2v) is 11.0. The first kappa shape index (κ1) is 28.0. The summed E-state index contributed by atoms with van der Waals surface area (Å²) in [5.41, 5.74) is 7.10. The van der Waals surface area contributed by atoms with Crippen LogP contribution in [0, 0.1) is 29.0 Å². The Labute approximate surface area is 223 Å². The number of halogens is 1. The third-order valence-electron chi connectivity index (χ3n) is 7.60. The number of carbonyl (C=O) groups is 1. The van der Waals surface area contributed by atoms with Gasteiger partial charge in [-0.3, -0.25) is 0 Å². The lowest BCUT2D eigenvalue weighted by molar-refractivity contribution is -0.227. The van der Waals surface area contributed by atoms with Gasteiger partial charge >= 0.3 is 6.09 Å². The standard InChI is InChI=1S/C28H38FN5O4/c1-5-18(2)13-32-25(33-24-7-6-20(12-30)11-23(24)29)10-19(3)37-28(31)21-14-34(15-22(28)17-36-16-21)26(35)38-27(4)8-9-27/h6-7,11,13,19,21-22H,5,8-10,14-17,31H2,1-4H3,(H,32,33). The molecule has 10 heteroatoms. The fourth-order valence-electron chi connectivity index (χ4n) is 4.76. The molecule has 9 nitrogen and oxygen atoms in total. The summed E-state index contributed by atoms with van der Waals surface area (Å²) in [5.74, 6) is -0.465. The minimum absolute atomic E-state index is 0.219. The maximum Gasteiger partial charge on any atom is 0.410 e. The van der Waals surface area contributed by atoms with Crippen LogP contribution in [0.4, 0.5) is 14.9 Å². The Bertz CT molecular complexity index is 1130. The molecule has 3 atom stereocenters. The number of nitrogens with two attached hydrogens (primary N) is 1. The normalized spacial score (nSPS) is 27.3. The molecule has 3 unspecified atom stereocenters. The van der Waals surface area contributed by atoms with Crippen molar-refractivity contribution in [3.8, 4) is 6.07 Å². The zero-order valence-electron chi connectivity index (χ0n) is 22.6. The van der Waals surface area contributed by atoms with Gasteiger partial charge in [0.15, 0.2) is 0 Å². The third kappa shape index (κ3) is 6.52. The molecule has 1 saturated carbocycles. The second-order valence-electron chi connectivity index (χ2n) is 11.0. The van der Waals surface area contributed by atoms with Crippen molar-refractivity contribution in [2.75, 3.05) is 31.6 Å². The minimum atomic E-state index is -0.988. The maximum absolute atomic E-state index is 14.6. The number of amidine groups is 1. The average molecular weight is 528 g/mol. The summed E-state index contributed by atoms with van der Waals surface area (Å²) >= 11 is 0. The topological polar surface area (TPSA) is 122 Å². The molecule has 3 N–H and O–H groups in total. The molecule has 3 aliphatic rings. The van der Waals surface area contributed by atoms with E-state index in [1.54, 1.807) is 17.2 Å². The van der Waals surface area contributed by atoms with Crippen molar-refractivity contribution in [1.29, 1.82) is 5.26 Å². The van der Waals surface area contributed by atoms with E-state index in [-0.39, 0.29) is 40.9 Å². The van der Waals surface area contributed by atoms with E-state index in [1.807, 2.05) is 33.8 Å². The zero-order valence-corrected chi connectivity index (χ0v) is 22.6. The lowest BCUT2D eigenvalue weighted by Crippen LogP contribution is -2.70. The van der Waals surface area contributed by atoms with E-state index in [9.17, 15) is 9.18 Å². The van der Waals surface area contributed by atoms with Crippen LogP contribution >= 0.6 is 0 Å². The summed E-state index contributed by atoms with van der Waals surface area (Å²) in [4.78, 5) is 19.1. The number of ether oxygens (including phenoxy) is 3. The van der Waals surface area contributed by atoms with Crippen molar-refractivity contribution in [3.05, 3.63) is 41.4 Å². The highest BCUT2D eigenvalue weighted by atomic mass is 19.1.